The third kappa shape index (κ3) is 10.6. The Labute approximate surface area is 207 Å². The highest BCUT2D eigenvalue weighted by Gasteiger charge is 2.33. The van der Waals surface area contributed by atoms with E-state index in [9.17, 15) is 9.59 Å². The number of amides is 1. The van der Waals surface area contributed by atoms with Crippen LogP contribution >= 0.6 is 11.8 Å². The molecular weight excluding hydrogens is 456 g/mol. The standard InChI is InChI=1S/C25H40N2O6S/c1-25(2,3)33-24(29)27-15-19-11-12-21(31-17-18-9-7-6-8-10-18)22(32-19)16-26-20(13-14-34-5)23(28)30-4/h6-10,19-22,26H,11-17H2,1-5H3,(H,27,29)/t19-,20-,21-,22+/m0/s1. The van der Waals surface area contributed by atoms with Crippen molar-refractivity contribution < 1.29 is 28.5 Å². The van der Waals surface area contributed by atoms with Gasteiger partial charge in [-0.2, -0.15) is 11.8 Å². The van der Waals surface area contributed by atoms with Gasteiger partial charge in [-0.05, 0) is 57.6 Å². The Kier molecular flexibility index (Phi) is 12.2. The van der Waals surface area contributed by atoms with Gasteiger partial charge < -0.3 is 29.6 Å². The van der Waals surface area contributed by atoms with E-state index < -0.39 is 17.7 Å². The first kappa shape index (κ1) is 28.4. The molecule has 1 aliphatic rings. The van der Waals surface area contributed by atoms with Gasteiger partial charge in [-0.15, -0.1) is 0 Å². The summed E-state index contributed by atoms with van der Waals surface area (Å²) >= 11 is 1.68. The summed E-state index contributed by atoms with van der Waals surface area (Å²) in [6.45, 7) is 6.76. The fourth-order valence-corrected chi connectivity index (χ4v) is 4.16. The topological polar surface area (TPSA) is 95.1 Å². The molecule has 0 unspecified atom stereocenters. The summed E-state index contributed by atoms with van der Waals surface area (Å²) in [7, 11) is 1.40. The lowest BCUT2D eigenvalue weighted by atomic mass is 10.00. The van der Waals surface area contributed by atoms with Gasteiger partial charge in [0.05, 0.1) is 32.0 Å². The summed E-state index contributed by atoms with van der Waals surface area (Å²) in [4.78, 5) is 24.3. The number of alkyl carbamates (subject to hydrolysis) is 1. The smallest absolute Gasteiger partial charge is 0.407 e. The van der Waals surface area contributed by atoms with Crippen molar-refractivity contribution in [2.75, 3.05) is 32.2 Å². The van der Waals surface area contributed by atoms with E-state index in [-0.39, 0.29) is 24.3 Å². The zero-order valence-corrected chi connectivity index (χ0v) is 21.8. The summed E-state index contributed by atoms with van der Waals surface area (Å²) in [6, 6.07) is 9.60. The summed E-state index contributed by atoms with van der Waals surface area (Å²) < 4.78 is 22.8. The maximum atomic E-state index is 12.2. The molecule has 0 aliphatic carbocycles. The van der Waals surface area contributed by atoms with Crippen LogP contribution in [0.2, 0.25) is 0 Å². The number of esters is 1. The number of hydrogen-bond acceptors (Lipinski definition) is 8. The lowest BCUT2D eigenvalue weighted by molar-refractivity contribution is -0.148. The molecule has 0 spiro atoms. The van der Waals surface area contributed by atoms with Crippen molar-refractivity contribution in [2.45, 2.75) is 76.6 Å². The number of nitrogens with one attached hydrogen (secondary N) is 2. The van der Waals surface area contributed by atoms with E-state index in [2.05, 4.69) is 10.6 Å². The third-order valence-electron chi connectivity index (χ3n) is 5.40. The number of methoxy groups -OCH3 is 1. The predicted molar refractivity (Wildman–Crippen MR) is 134 cm³/mol. The molecule has 34 heavy (non-hydrogen) atoms. The van der Waals surface area contributed by atoms with Gasteiger partial charge in [-0.3, -0.25) is 4.79 Å². The van der Waals surface area contributed by atoms with Crippen molar-refractivity contribution in [3.05, 3.63) is 35.9 Å². The van der Waals surface area contributed by atoms with E-state index in [1.807, 2.05) is 57.4 Å². The van der Waals surface area contributed by atoms with Crippen LogP contribution in [0.4, 0.5) is 4.79 Å². The summed E-state index contributed by atoms with van der Waals surface area (Å²) in [5, 5.41) is 6.11. The van der Waals surface area contributed by atoms with Gasteiger partial charge in [0.2, 0.25) is 0 Å². The monoisotopic (exact) mass is 496 g/mol. The van der Waals surface area contributed by atoms with Crippen molar-refractivity contribution in [3.8, 4) is 0 Å². The van der Waals surface area contributed by atoms with Crippen LogP contribution in [-0.2, 0) is 30.3 Å². The molecule has 1 aromatic carbocycles. The molecule has 2 N–H and O–H groups in total. The maximum Gasteiger partial charge on any atom is 0.407 e. The maximum absolute atomic E-state index is 12.2. The van der Waals surface area contributed by atoms with E-state index >= 15 is 0 Å². The van der Waals surface area contributed by atoms with Crippen LogP contribution in [0, 0.1) is 0 Å². The molecule has 1 fully saturated rings. The van der Waals surface area contributed by atoms with Crippen molar-refractivity contribution in [3.63, 3.8) is 0 Å². The van der Waals surface area contributed by atoms with Crippen LogP contribution < -0.4 is 10.6 Å². The first-order chi connectivity index (χ1) is 16.2. The van der Waals surface area contributed by atoms with Crippen LogP contribution in [0.5, 0.6) is 0 Å². The molecule has 1 amide bonds. The second kappa shape index (κ2) is 14.6. The quantitative estimate of drug-likeness (QED) is 0.425. The highest BCUT2D eigenvalue weighted by Crippen LogP contribution is 2.23. The van der Waals surface area contributed by atoms with Gasteiger partial charge in [0.15, 0.2) is 0 Å². The number of thioether (sulfide) groups is 1. The summed E-state index contributed by atoms with van der Waals surface area (Å²) in [6.07, 6.45) is 3.17. The van der Waals surface area contributed by atoms with Crippen LogP contribution in [0.1, 0.15) is 45.6 Å². The van der Waals surface area contributed by atoms with Crippen molar-refractivity contribution in [1.82, 2.24) is 10.6 Å². The van der Waals surface area contributed by atoms with Crippen molar-refractivity contribution in [1.29, 1.82) is 0 Å². The van der Waals surface area contributed by atoms with Gasteiger partial charge >= 0.3 is 12.1 Å². The molecule has 0 saturated carbocycles. The van der Waals surface area contributed by atoms with Crippen molar-refractivity contribution in [2.24, 2.45) is 0 Å². The summed E-state index contributed by atoms with van der Waals surface area (Å²) in [5.41, 5.74) is 0.537. The number of benzene rings is 1. The first-order valence-electron chi connectivity index (χ1n) is 11.8. The molecule has 0 bridgehead atoms. The molecule has 0 aromatic heterocycles. The lowest BCUT2D eigenvalue weighted by Gasteiger charge is -2.37. The zero-order valence-electron chi connectivity index (χ0n) is 21.0. The Hall–Kier alpha value is -1.81. The number of rotatable bonds is 12. The number of ether oxygens (including phenoxy) is 4. The number of carbonyl (C=O) groups excluding carboxylic acids is 2. The highest BCUT2D eigenvalue weighted by molar-refractivity contribution is 7.98. The molecule has 1 saturated heterocycles. The molecule has 192 valence electrons. The van der Waals surface area contributed by atoms with Crippen LogP contribution in [0.25, 0.3) is 0 Å². The largest absolute Gasteiger partial charge is 0.468 e. The minimum Gasteiger partial charge on any atom is -0.468 e. The van der Waals surface area contributed by atoms with Gasteiger partial charge in [0.1, 0.15) is 11.6 Å². The van der Waals surface area contributed by atoms with Crippen LogP contribution in [-0.4, -0.2) is 74.2 Å². The number of carbonyl (C=O) groups is 2. The Balaban J connectivity index is 1.98. The highest BCUT2D eigenvalue weighted by atomic mass is 32.2. The van der Waals surface area contributed by atoms with E-state index in [0.29, 0.717) is 26.1 Å². The third-order valence-corrected chi connectivity index (χ3v) is 6.04. The predicted octanol–water partition coefficient (Wildman–Crippen LogP) is 3.53. The Morgan fingerprint density at radius 2 is 1.91 bits per heavy atom. The second-order valence-electron chi connectivity index (χ2n) is 9.36. The molecule has 0 radical (unpaired) electrons. The normalized spacial score (nSPS) is 21.5. The van der Waals surface area contributed by atoms with Gasteiger partial charge in [0, 0.05) is 13.1 Å². The average molecular weight is 497 g/mol. The molecular formula is C25H40N2O6S. The lowest BCUT2D eigenvalue weighted by Crippen LogP contribution is -2.51. The van der Waals surface area contributed by atoms with Crippen LogP contribution in [0.15, 0.2) is 30.3 Å². The van der Waals surface area contributed by atoms with E-state index in [1.54, 1.807) is 11.8 Å². The molecule has 2 rings (SSSR count). The fraction of sp³-hybridized carbons (Fsp3) is 0.680. The Bertz CT molecular complexity index is 743. The van der Waals surface area contributed by atoms with Gasteiger partial charge in [-0.25, -0.2) is 4.79 Å². The zero-order chi connectivity index (χ0) is 25.0. The van der Waals surface area contributed by atoms with E-state index in [0.717, 1.165) is 24.2 Å². The SMILES string of the molecule is COC(=O)[C@H](CCSC)NC[C@H]1O[C@H](CNC(=O)OC(C)(C)C)CC[C@@H]1OCc1ccccc1. The Morgan fingerprint density at radius 1 is 1.18 bits per heavy atom. The summed E-state index contributed by atoms with van der Waals surface area (Å²) in [5.74, 6) is 0.559. The second-order valence-corrected chi connectivity index (χ2v) is 10.3. The number of hydrogen-bond donors (Lipinski definition) is 2. The minimum absolute atomic E-state index is 0.135. The molecule has 1 heterocycles. The molecule has 8 nitrogen and oxygen atoms in total. The minimum atomic E-state index is -0.556. The van der Waals surface area contributed by atoms with E-state index in [1.165, 1.54) is 7.11 Å². The van der Waals surface area contributed by atoms with Gasteiger partial charge in [0.25, 0.3) is 0 Å². The average Bonchev–Trinajstić information content (AvgIpc) is 2.81. The van der Waals surface area contributed by atoms with Gasteiger partial charge in [-0.1, -0.05) is 30.3 Å². The molecule has 9 heteroatoms. The van der Waals surface area contributed by atoms with E-state index in [4.69, 9.17) is 18.9 Å². The molecule has 1 aliphatic heterocycles. The molecule has 1 aromatic rings. The van der Waals surface area contributed by atoms with Crippen molar-refractivity contribution >= 4 is 23.8 Å². The Morgan fingerprint density at radius 3 is 2.56 bits per heavy atom. The van der Waals surface area contributed by atoms with Crippen LogP contribution in [0.3, 0.4) is 0 Å². The fourth-order valence-electron chi connectivity index (χ4n) is 3.69. The molecule has 4 atom stereocenters. The first-order valence-corrected chi connectivity index (χ1v) is 13.2.